The number of hydrogen-bond donors (Lipinski definition) is 0. The average Bonchev–Trinajstić information content (AvgIpc) is 3.63. The molecule has 0 radical (unpaired) electrons. The molecule has 166 valence electrons. The number of para-hydroxylation sites is 2. The molecule has 1 atom stereocenters. The molecule has 6 nitrogen and oxygen atoms in total. The molecular formula is C26H24N4O2S. The Morgan fingerprint density at radius 1 is 1.09 bits per heavy atom. The average molecular weight is 457 g/mol. The number of hydrazone groups is 1. The molecule has 2 aromatic carbocycles. The molecule has 4 aromatic rings. The summed E-state index contributed by atoms with van der Waals surface area (Å²) in [5.41, 5.74) is 4.58. The molecule has 0 spiro atoms. The lowest BCUT2D eigenvalue weighted by atomic mass is 9.97. The third kappa shape index (κ3) is 3.96. The van der Waals surface area contributed by atoms with E-state index >= 15 is 0 Å². The molecule has 0 fully saturated rings. The summed E-state index contributed by atoms with van der Waals surface area (Å²) in [6.07, 6.45) is 3.00. The van der Waals surface area contributed by atoms with Crippen molar-refractivity contribution in [3.05, 3.63) is 89.4 Å². The number of methoxy groups -OCH3 is 1. The normalized spacial score (nSPS) is 15.5. The Hall–Kier alpha value is -3.71. The Morgan fingerprint density at radius 2 is 1.88 bits per heavy atom. The highest BCUT2D eigenvalue weighted by Crippen LogP contribution is 2.40. The number of benzene rings is 2. The summed E-state index contributed by atoms with van der Waals surface area (Å²) in [6, 6.07) is 21.7. The maximum Gasteiger partial charge on any atom is 0.242 e. The molecule has 0 unspecified atom stereocenters. The Kier molecular flexibility index (Phi) is 5.79. The zero-order valence-corrected chi connectivity index (χ0v) is 19.3. The lowest BCUT2D eigenvalue weighted by Crippen LogP contribution is -2.26. The van der Waals surface area contributed by atoms with Gasteiger partial charge in [-0.05, 0) is 35.7 Å². The molecule has 0 saturated carbocycles. The SMILES string of the molecule is CCC(=O)N1N=C(c2ccccc2OC)C[C@H]1c1cn(-c2ccccc2)nc1-c1cccs1. The Labute approximate surface area is 196 Å². The van der Waals surface area contributed by atoms with Gasteiger partial charge in [0, 0.05) is 30.2 Å². The summed E-state index contributed by atoms with van der Waals surface area (Å²) >= 11 is 1.64. The molecule has 7 heteroatoms. The first-order valence-corrected chi connectivity index (χ1v) is 11.8. The number of amides is 1. The van der Waals surface area contributed by atoms with Crippen LogP contribution in [0.1, 0.15) is 36.9 Å². The summed E-state index contributed by atoms with van der Waals surface area (Å²) in [7, 11) is 1.65. The first-order chi connectivity index (χ1) is 16.2. The molecule has 1 aliphatic rings. The van der Waals surface area contributed by atoms with Gasteiger partial charge in [0.1, 0.15) is 11.4 Å². The van der Waals surface area contributed by atoms with E-state index in [4.69, 9.17) is 14.9 Å². The first-order valence-electron chi connectivity index (χ1n) is 10.9. The van der Waals surface area contributed by atoms with Crippen LogP contribution in [0.25, 0.3) is 16.3 Å². The third-order valence-corrected chi connectivity index (χ3v) is 6.64. The number of aromatic nitrogens is 2. The van der Waals surface area contributed by atoms with E-state index < -0.39 is 0 Å². The zero-order valence-electron chi connectivity index (χ0n) is 18.5. The van der Waals surface area contributed by atoms with Crippen LogP contribution in [-0.4, -0.2) is 33.5 Å². The van der Waals surface area contributed by atoms with Crippen LogP contribution in [0.15, 0.2) is 83.4 Å². The van der Waals surface area contributed by atoms with E-state index in [-0.39, 0.29) is 11.9 Å². The Bertz CT molecular complexity index is 1300. The topological polar surface area (TPSA) is 59.7 Å². The van der Waals surface area contributed by atoms with Gasteiger partial charge in [0.2, 0.25) is 5.91 Å². The smallest absolute Gasteiger partial charge is 0.242 e. The van der Waals surface area contributed by atoms with Crippen molar-refractivity contribution in [3.63, 3.8) is 0 Å². The van der Waals surface area contributed by atoms with Crippen LogP contribution in [0.2, 0.25) is 0 Å². The number of carbonyl (C=O) groups is 1. The summed E-state index contributed by atoms with van der Waals surface area (Å²) in [4.78, 5) is 14.0. The van der Waals surface area contributed by atoms with E-state index in [1.807, 2.05) is 83.8 Å². The quantitative estimate of drug-likeness (QED) is 0.374. The van der Waals surface area contributed by atoms with Crippen LogP contribution in [0.4, 0.5) is 0 Å². The molecule has 3 heterocycles. The van der Waals surface area contributed by atoms with Gasteiger partial charge in [-0.1, -0.05) is 43.3 Å². The maximum atomic E-state index is 13.0. The van der Waals surface area contributed by atoms with Gasteiger partial charge in [0.05, 0.1) is 29.4 Å². The van der Waals surface area contributed by atoms with Gasteiger partial charge < -0.3 is 4.74 Å². The lowest BCUT2D eigenvalue weighted by molar-refractivity contribution is -0.132. The van der Waals surface area contributed by atoms with Crippen LogP contribution in [0.5, 0.6) is 5.75 Å². The molecule has 1 aliphatic heterocycles. The van der Waals surface area contributed by atoms with Crippen molar-refractivity contribution in [1.29, 1.82) is 0 Å². The second-order valence-electron chi connectivity index (χ2n) is 7.75. The van der Waals surface area contributed by atoms with Gasteiger partial charge >= 0.3 is 0 Å². The first kappa shape index (κ1) is 21.2. The van der Waals surface area contributed by atoms with Gasteiger partial charge in [-0.2, -0.15) is 10.2 Å². The summed E-state index contributed by atoms with van der Waals surface area (Å²) in [5.74, 6) is 0.730. The number of thiophene rings is 1. The van der Waals surface area contributed by atoms with Crippen LogP contribution < -0.4 is 4.74 Å². The fourth-order valence-corrected chi connectivity index (χ4v) is 4.87. The van der Waals surface area contributed by atoms with Crippen molar-refractivity contribution in [2.75, 3.05) is 7.11 Å². The second-order valence-corrected chi connectivity index (χ2v) is 8.70. The van der Waals surface area contributed by atoms with Crippen molar-refractivity contribution in [2.45, 2.75) is 25.8 Å². The minimum absolute atomic E-state index is 0.0190. The number of rotatable bonds is 6. The van der Waals surface area contributed by atoms with Crippen LogP contribution in [-0.2, 0) is 4.79 Å². The van der Waals surface area contributed by atoms with Crippen molar-refractivity contribution >= 4 is 23.0 Å². The largest absolute Gasteiger partial charge is 0.496 e. The van der Waals surface area contributed by atoms with E-state index in [9.17, 15) is 4.79 Å². The highest BCUT2D eigenvalue weighted by atomic mass is 32.1. The summed E-state index contributed by atoms with van der Waals surface area (Å²) in [5, 5.41) is 13.4. The fourth-order valence-electron chi connectivity index (χ4n) is 4.14. The highest BCUT2D eigenvalue weighted by molar-refractivity contribution is 7.13. The minimum Gasteiger partial charge on any atom is -0.496 e. The van der Waals surface area contributed by atoms with E-state index in [2.05, 4.69) is 6.07 Å². The Morgan fingerprint density at radius 3 is 2.61 bits per heavy atom. The van der Waals surface area contributed by atoms with Crippen molar-refractivity contribution in [2.24, 2.45) is 5.10 Å². The van der Waals surface area contributed by atoms with Gasteiger partial charge in [-0.3, -0.25) is 4.79 Å². The number of ether oxygens (including phenoxy) is 1. The van der Waals surface area contributed by atoms with E-state index in [1.54, 1.807) is 23.5 Å². The van der Waals surface area contributed by atoms with Crippen LogP contribution >= 0.6 is 11.3 Å². The monoisotopic (exact) mass is 456 g/mol. The summed E-state index contributed by atoms with van der Waals surface area (Å²) < 4.78 is 7.46. The predicted molar refractivity (Wildman–Crippen MR) is 131 cm³/mol. The fraction of sp³-hybridized carbons (Fsp3) is 0.192. The van der Waals surface area contributed by atoms with Crippen molar-refractivity contribution < 1.29 is 9.53 Å². The predicted octanol–water partition coefficient (Wildman–Crippen LogP) is 5.70. The van der Waals surface area contributed by atoms with E-state index in [0.717, 1.165) is 38.8 Å². The molecule has 0 saturated heterocycles. The van der Waals surface area contributed by atoms with E-state index in [0.29, 0.717) is 12.8 Å². The Balaban J connectivity index is 1.61. The van der Waals surface area contributed by atoms with Gasteiger partial charge in [-0.25, -0.2) is 9.69 Å². The van der Waals surface area contributed by atoms with Gasteiger partial charge in [0.25, 0.3) is 0 Å². The van der Waals surface area contributed by atoms with Gasteiger partial charge in [-0.15, -0.1) is 11.3 Å². The molecule has 2 aromatic heterocycles. The van der Waals surface area contributed by atoms with Crippen LogP contribution in [0, 0.1) is 0 Å². The molecule has 0 bridgehead atoms. The molecule has 1 amide bonds. The standard InChI is InChI=1S/C26H24N4O2S/c1-3-25(31)30-22(16-21(27-30)19-12-7-8-13-23(19)32-2)20-17-29(18-10-5-4-6-11-18)28-26(20)24-14-9-15-33-24/h4-15,17,22H,3,16H2,1-2H3/t22-/m0/s1. The molecule has 5 rings (SSSR count). The lowest BCUT2D eigenvalue weighted by Gasteiger charge is -2.21. The zero-order chi connectivity index (χ0) is 22.8. The maximum absolute atomic E-state index is 13.0. The van der Waals surface area contributed by atoms with E-state index in [1.165, 1.54) is 0 Å². The third-order valence-electron chi connectivity index (χ3n) is 5.76. The number of nitrogens with zero attached hydrogens (tertiary/aromatic N) is 4. The molecule has 0 aliphatic carbocycles. The van der Waals surface area contributed by atoms with Crippen molar-refractivity contribution in [3.8, 4) is 22.0 Å². The molecule has 0 N–H and O–H groups in total. The van der Waals surface area contributed by atoms with Crippen molar-refractivity contribution in [1.82, 2.24) is 14.8 Å². The minimum atomic E-state index is -0.244. The number of carbonyl (C=O) groups excluding carboxylic acids is 1. The molecule has 33 heavy (non-hydrogen) atoms. The number of hydrogen-bond acceptors (Lipinski definition) is 5. The van der Waals surface area contributed by atoms with Gasteiger partial charge in [0.15, 0.2) is 0 Å². The molecular weight excluding hydrogens is 432 g/mol. The summed E-state index contributed by atoms with van der Waals surface area (Å²) in [6.45, 7) is 1.86. The second kappa shape index (κ2) is 9.03. The van der Waals surface area contributed by atoms with Crippen LogP contribution in [0.3, 0.4) is 0 Å². The highest BCUT2D eigenvalue weighted by Gasteiger charge is 2.36.